The van der Waals surface area contributed by atoms with Gasteiger partial charge in [-0.2, -0.15) is 8.42 Å². The van der Waals surface area contributed by atoms with Gasteiger partial charge in [-0.25, -0.2) is 0 Å². The molecule has 0 atom stereocenters. The van der Waals surface area contributed by atoms with Crippen LogP contribution in [-0.4, -0.2) is 26.7 Å². The van der Waals surface area contributed by atoms with Crippen molar-refractivity contribution in [1.82, 2.24) is 0 Å². The number of nitrogens with two attached hydrogens (primary N) is 1. The van der Waals surface area contributed by atoms with Gasteiger partial charge in [-0.3, -0.25) is 4.79 Å². The molecule has 0 amide bonds. The van der Waals surface area contributed by atoms with Crippen LogP contribution < -0.4 is 35.3 Å². The number of hydrogen-bond acceptors (Lipinski definition) is 5. The molecule has 0 bridgehead atoms. The Morgan fingerprint density at radius 1 is 0.889 bits per heavy atom. The molecule has 0 spiro atoms. The van der Waals surface area contributed by atoms with E-state index in [-0.39, 0.29) is 49.7 Å². The maximum atomic E-state index is 11.4. The molecule has 0 fully saturated rings. The van der Waals surface area contributed by atoms with Gasteiger partial charge in [0.15, 0.2) is 0 Å². The minimum atomic E-state index is -3.78. The zero-order valence-corrected chi connectivity index (χ0v) is 20.4. The fourth-order valence-corrected chi connectivity index (χ4v) is 3.45. The van der Waals surface area contributed by atoms with Crippen molar-refractivity contribution in [3.05, 3.63) is 12.2 Å². The number of rotatable bonds is 18. The van der Waals surface area contributed by atoms with Gasteiger partial charge in [0.2, 0.25) is 0 Å². The summed E-state index contributed by atoms with van der Waals surface area (Å²) in [5, 5.41) is 0. The third kappa shape index (κ3) is 22.3. The smallest absolute Gasteiger partial charge is 1.00 e. The molecule has 5 nitrogen and oxygen atoms in total. The van der Waals surface area contributed by atoms with Gasteiger partial charge in [-0.1, -0.05) is 70.4 Å². The molecule has 0 unspecified atom stereocenters. The Balaban J connectivity index is -0.00000312. The molecule has 0 aliphatic carbocycles. The van der Waals surface area contributed by atoms with E-state index in [0.717, 1.165) is 25.7 Å². The molecule has 7 heteroatoms. The van der Waals surface area contributed by atoms with Crippen molar-refractivity contribution in [2.24, 2.45) is 5.73 Å². The van der Waals surface area contributed by atoms with Crippen LogP contribution in [0.25, 0.3) is 0 Å². The second kappa shape index (κ2) is 20.8. The van der Waals surface area contributed by atoms with Crippen molar-refractivity contribution < 1.29 is 48.4 Å². The Labute approximate surface area is 190 Å². The van der Waals surface area contributed by atoms with Crippen molar-refractivity contribution in [3.8, 4) is 0 Å². The summed E-state index contributed by atoms with van der Waals surface area (Å²) in [5.41, 5.74) is 5.15. The standard InChI is InChI=1S/C20H39NO4S.Na.H/c1-2-3-4-5-6-7-8-9-10-11-12-13-14-15-16-17-20(22)25-26(23,24)19-18-21;;/h9-10H,2-8,11-19,21H2,1H3;;/q;+1;-1/b10-9-;;. The fraction of sp³-hybridized carbons (Fsp3) is 0.850. The van der Waals surface area contributed by atoms with Crippen LogP contribution in [0.15, 0.2) is 12.2 Å². The summed E-state index contributed by atoms with van der Waals surface area (Å²) in [6.45, 7) is 2.21. The van der Waals surface area contributed by atoms with Gasteiger partial charge < -0.3 is 11.3 Å². The van der Waals surface area contributed by atoms with E-state index in [1.165, 1.54) is 51.4 Å². The largest absolute Gasteiger partial charge is 1.00 e. The summed E-state index contributed by atoms with van der Waals surface area (Å²) in [7, 11) is -3.78. The summed E-state index contributed by atoms with van der Waals surface area (Å²) in [6.07, 6.45) is 20.1. The third-order valence-corrected chi connectivity index (χ3v) is 5.41. The van der Waals surface area contributed by atoms with Crippen LogP contribution in [-0.2, 0) is 19.1 Å². The number of carbonyl (C=O) groups is 1. The van der Waals surface area contributed by atoms with E-state index in [1.807, 2.05) is 0 Å². The predicted octanol–water partition coefficient (Wildman–Crippen LogP) is 1.97. The number of unbranched alkanes of at least 4 members (excludes halogenated alkanes) is 11. The normalized spacial score (nSPS) is 11.5. The topological polar surface area (TPSA) is 86.5 Å². The van der Waals surface area contributed by atoms with Crippen molar-refractivity contribution in [2.45, 2.75) is 96.8 Å². The van der Waals surface area contributed by atoms with Crippen LogP contribution in [0, 0.1) is 0 Å². The van der Waals surface area contributed by atoms with E-state index in [2.05, 4.69) is 23.3 Å². The average Bonchev–Trinajstić information content (AvgIpc) is 2.57. The van der Waals surface area contributed by atoms with E-state index in [0.29, 0.717) is 6.42 Å². The monoisotopic (exact) mass is 413 g/mol. The second-order valence-corrected chi connectivity index (χ2v) is 8.53. The van der Waals surface area contributed by atoms with Gasteiger partial charge >= 0.3 is 45.6 Å². The molecule has 156 valence electrons. The van der Waals surface area contributed by atoms with E-state index < -0.39 is 16.1 Å². The molecule has 0 rings (SSSR count). The number of allylic oxidation sites excluding steroid dienone is 2. The molecular formula is C20H40NNaO4S. The van der Waals surface area contributed by atoms with Crippen molar-refractivity contribution >= 4 is 16.1 Å². The molecule has 0 aliphatic heterocycles. The van der Waals surface area contributed by atoms with Gasteiger partial charge in [-0.15, -0.1) is 0 Å². The minimum Gasteiger partial charge on any atom is -1.00 e. The maximum Gasteiger partial charge on any atom is 1.00 e. The summed E-state index contributed by atoms with van der Waals surface area (Å²) >= 11 is 0. The molecule has 27 heavy (non-hydrogen) atoms. The van der Waals surface area contributed by atoms with Crippen molar-refractivity contribution in [2.75, 3.05) is 12.3 Å². The van der Waals surface area contributed by atoms with Crippen molar-refractivity contribution in [1.29, 1.82) is 0 Å². The molecule has 0 saturated heterocycles. The molecule has 0 saturated carbocycles. The summed E-state index contributed by atoms with van der Waals surface area (Å²) < 4.78 is 27.0. The Bertz CT molecular complexity index is 473. The molecule has 0 aromatic rings. The number of hydrogen-bond donors (Lipinski definition) is 1. The Kier molecular flexibility index (Phi) is 22.6. The molecule has 0 aromatic heterocycles. The first-order valence-electron chi connectivity index (χ1n) is 10.3. The molecule has 0 aliphatic rings. The van der Waals surface area contributed by atoms with Crippen LogP contribution in [0.1, 0.15) is 98.2 Å². The maximum absolute atomic E-state index is 11.4. The Hall–Kier alpha value is 0.120. The zero-order chi connectivity index (χ0) is 19.5. The SMILES string of the molecule is CCCCCCCC/C=C\CCCCCCCC(=O)OS(=O)(=O)CCN.[H-].[Na+]. The van der Waals surface area contributed by atoms with E-state index in [1.54, 1.807) is 0 Å². The first kappa shape index (κ1) is 29.3. The number of carbonyl (C=O) groups excluding carboxylic acids is 1. The summed E-state index contributed by atoms with van der Waals surface area (Å²) in [6, 6.07) is 0. The van der Waals surface area contributed by atoms with Gasteiger partial charge in [0, 0.05) is 13.0 Å². The van der Waals surface area contributed by atoms with Crippen molar-refractivity contribution in [3.63, 3.8) is 0 Å². The molecular weight excluding hydrogens is 373 g/mol. The van der Waals surface area contributed by atoms with E-state index in [9.17, 15) is 13.2 Å². The van der Waals surface area contributed by atoms with E-state index in [4.69, 9.17) is 5.73 Å². The first-order valence-corrected chi connectivity index (χ1v) is 11.9. The van der Waals surface area contributed by atoms with Crippen LogP contribution in [0.4, 0.5) is 0 Å². The Morgan fingerprint density at radius 3 is 1.89 bits per heavy atom. The Morgan fingerprint density at radius 2 is 1.37 bits per heavy atom. The molecule has 0 aromatic carbocycles. The van der Waals surface area contributed by atoms with E-state index >= 15 is 0 Å². The van der Waals surface area contributed by atoms with Crippen LogP contribution >= 0.6 is 0 Å². The summed E-state index contributed by atoms with van der Waals surface area (Å²) in [5.74, 6) is -0.985. The van der Waals surface area contributed by atoms with Crippen LogP contribution in [0.2, 0.25) is 0 Å². The average molecular weight is 414 g/mol. The van der Waals surface area contributed by atoms with Crippen LogP contribution in [0.3, 0.4) is 0 Å². The molecule has 2 N–H and O–H groups in total. The molecule has 0 radical (unpaired) electrons. The second-order valence-electron chi connectivity index (χ2n) is 6.84. The summed E-state index contributed by atoms with van der Waals surface area (Å²) in [4.78, 5) is 11.4. The fourth-order valence-electron chi connectivity index (χ4n) is 2.71. The van der Waals surface area contributed by atoms with Gasteiger partial charge in [0.25, 0.3) is 0 Å². The van der Waals surface area contributed by atoms with Crippen LogP contribution in [0.5, 0.6) is 0 Å². The van der Waals surface area contributed by atoms with Gasteiger partial charge in [-0.05, 0) is 32.1 Å². The minimum absolute atomic E-state index is 0. The molecule has 0 heterocycles. The first-order chi connectivity index (χ1) is 12.5. The van der Waals surface area contributed by atoms with Gasteiger partial charge in [0.05, 0.1) is 5.75 Å². The van der Waals surface area contributed by atoms with Gasteiger partial charge in [0.1, 0.15) is 0 Å². The third-order valence-electron chi connectivity index (χ3n) is 4.23. The zero-order valence-electron chi connectivity index (χ0n) is 18.6. The quantitative estimate of drug-likeness (QED) is 0.161. The predicted molar refractivity (Wildman–Crippen MR) is 109 cm³/mol.